The third-order valence-electron chi connectivity index (χ3n) is 1.33. The molecule has 0 aliphatic rings. The van der Waals surface area contributed by atoms with Crippen molar-refractivity contribution < 1.29 is 0 Å². The van der Waals surface area contributed by atoms with E-state index in [0.29, 0.717) is 29.6 Å². The molecule has 0 atom stereocenters. The Morgan fingerprint density at radius 2 is 1.31 bits per heavy atom. The summed E-state index contributed by atoms with van der Waals surface area (Å²) in [5.41, 5.74) is 0. The van der Waals surface area contributed by atoms with Crippen LogP contribution in [0.2, 0.25) is 0 Å². The Bertz CT molecular complexity index is 114. The quantitative estimate of drug-likeness (QED) is 0.341. The van der Waals surface area contributed by atoms with Crippen molar-refractivity contribution in [2.24, 2.45) is 0 Å². The van der Waals surface area contributed by atoms with Crippen LogP contribution in [0.3, 0.4) is 0 Å². The molecule has 0 heterocycles. The fourth-order valence-corrected chi connectivity index (χ4v) is 0.770. The molecular formula is H9B13-3. The second kappa shape index (κ2) is 6.35. The van der Waals surface area contributed by atoms with Gasteiger partial charge in [-0.1, -0.05) is 14.1 Å². The molecule has 51 valence electrons. The molecule has 0 aromatic rings. The fraction of sp³-hybridized carbons (Fsp3) is 0. The molecule has 0 saturated heterocycles. The molecule has 0 nitrogen and oxygen atoms in total. The van der Waals surface area contributed by atoms with Crippen LogP contribution in [-0.4, -0.2) is 93.1 Å². The van der Waals surface area contributed by atoms with Gasteiger partial charge >= 0.3 is 0 Å². The molecule has 9 radical (unpaired) electrons. The highest BCUT2D eigenvalue weighted by atomic mass is 13.1. The standard InChI is InChI=1S/B13H9/c1-8-12(9(2)3)13(10(4)5)11(6)7/h1-3H3/q-3. The summed E-state index contributed by atoms with van der Waals surface area (Å²) >= 11 is 0. The second-order valence-corrected chi connectivity index (χ2v) is 2.31. The Labute approximate surface area is 93.3 Å². The van der Waals surface area contributed by atoms with E-state index in [1.54, 1.807) is 0 Å². The van der Waals surface area contributed by atoms with E-state index in [1.165, 1.54) is 0 Å². The minimum absolute atomic E-state index is 0.137. The highest BCUT2D eigenvalue weighted by Crippen LogP contribution is 1.94. The lowest BCUT2D eigenvalue weighted by Gasteiger charge is -2.38. The average Bonchev–Trinajstić information content (AvgIpc) is 1.97. The summed E-state index contributed by atoms with van der Waals surface area (Å²) in [6.45, 7) is 0. The van der Waals surface area contributed by atoms with Gasteiger partial charge in [-0.25, -0.2) is 0 Å². The second-order valence-electron chi connectivity index (χ2n) is 2.31. The van der Waals surface area contributed by atoms with Crippen LogP contribution in [0.1, 0.15) is 0 Å². The van der Waals surface area contributed by atoms with Crippen molar-refractivity contribution in [2.45, 2.75) is 0 Å². The highest BCUT2D eigenvalue weighted by molar-refractivity contribution is 8.07. The molecule has 0 aliphatic carbocycles. The molecular weight excluding hydrogens is 141 g/mol. The Morgan fingerprint density at radius 3 is 1.38 bits per heavy atom. The molecule has 0 aliphatic heterocycles. The Balaban J connectivity index is 4.49. The molecule has 13 heavy (non-hydrogen) atoms. The van der Waals surface area contributed by atoms with Crippen molar-refractivity contribution in [1.29, 1.82) is 0 Å². The fourth-order valence-electron chi connectivity index (χ4n) is 0.770. The van der Waals surface area contributed by atoms with Crippen LogP contribution < -0.4 is 0 Å². The maximum Gasteiger partial charge on any atom is -0.00000471 e. The predicted octanol–water partition coefficient (Wildman–Crippen LogP) is -7.36. The maximum atomic E-state index is 5.73. The SMILES string of the molecule is [B]B([B])B(B([B])[B])B([B][BH3-])B([BH3-])[BH3-]. The summed E-state index contributed by atoms with van der Waals surface area (Å²) in [4.78, 5) is 0. The Kier molecular flexibility index (Phi) is 6.76. The Morgan fingerprint density at radius 1 is 0.923 bits per heavy atom. The Hall–Kier alpha value is 0.844. The van der Waals surface area contributed by atoms with Gasteiger partial charge in [0.15, 0.2) is 0 Å². The van der Waals surface area contributed by atoms with Crippen molar-refractivity contribution in [3.63, 3.8) is 0 Å². The molecule has 0 aromatic heterocycles. The van der Waals surface area contributed by atoms with Crippen molar-refractivity contribution in [3.8, 4) is 0 Å². The first-order valence-electron chi connectivity index (χ1n) is 3.00. The maximum absolute atomic E-state index is 5.73. The molecule has 0 spiro atoms. The first-order chi connectivity index (χ1) is 5.91. The van der Waals surface area contributed by atoms with Crippen LogP contribution in [0.25, 0.3) is 0 Å². The summed E-state index contributed by atoms with van der Waals surface area (Å²) in [6, 6.07) is 0. The van der Waals surface area contributed by atoms with Crippen molar-refractivity contribution in [2.75, 3.05) is 0 Å². The van der Waals surface area contributed by atoms with Gasteiger partial charge in [-0.15, -0.1) is 15.5 Å². The van der Waals surface area contributed by atoms with Crippen LogP contribution in [-0.2, 0) is 0 Å². The third kappa shape index (κ3) is 4.25. The van der Waals surface area contributed by atoms with Gasteiger partial charge in [-0.2, -0.15) is 7.06 Å². The van der Waals surface area contributed by atoms with E-state index in [1.807, 2.05) is 0 Å². The van der Waals surface area contributed by atoms with Crippen LogP contribution in [0.5, 0.6) is 0 Å². The molecule has 0 saturated carbocycles. The van der Waals surface area contributed by atoms with Crippen LogP contribution in [0, 0.1) is 0 Å². The normalized spacial score (nSPS) is 8.85. The molecule has 0 rings (SSSR count). The minimum atomic E-state index is -0.335. The average molecular weight is 150 g/mol. The lowest BCUT2D eigenvalue weighted by molar-refractivity contribution is 3.45. The summed E-state index contributed by atoms with van der Waals surface area (Å²) in [6.07, 6.45) is 1.10. The first kappa shape index (κ1) is 13.8. The van der Waals surface area contributed by atoms with Crippen LogP contribution >= 0.6 is 0 Å². The predicted molar refractivity (Wildman–Crippen MR) is 87.4 cm³/mol. The zero-order valence-electron chi connectivity index (χ0n) is 5.77. The smallest absolute Gasteiger partial charge is 0.00000471 e. The summed E-state index contributed by atoms with van der Waals surface area (Å²) in [5, 5.41) is 0. The lowest BCUT2D eigenvalue weighted by Crippen LogP contribution is -2.69. The largest absolute Gasteiger partial charge is 0.264 e. The molecule has 0 aromatic carbocycles. The third-order valence-corrected chi connectivity index (χ3v) is 1.33. The van der Waals surface area contributed by atoms with Gasteiger partial charge in [0.25, 0.3) is 0 Å². The van der Waals surface area contributed by atoms with E-state index in [9.17, 15) is 0 Å². The number of rotatable bonds is 5. The van der Waals surface area contributed by atoms with Gasteiger partial charge in [0.2, 0.25) is 0 Å². The van der Waals surface area contributed by atoms with E-state index in [2.05, 4.69) is 7.06 Å². The van der Waals surface area contributed by atoms with Gasteiger partial charge in [0, 0.05) is 0 Å². The lowest BCUT2D eigenvalue weighted by atomic mass is 8.50. The number of hydrogen-bond acceptors (Lipinski definition) is 0. The van der Waals surface area contributed by atoms with E-state index < -0.39 is 0 Å². The highest BCUT2D eigenvalue weighted by Gasteiger charge is 2.26. The van der Waals surface area contributed by atoms with E-state index >= 15 is 0 Å². The summed E-state index contributed by atoms with van der Waals surface area (Å²) in [5.74, 6) is 0. The molecule has 0 amide bonds. The van der Waals surface area contributed by atoms with Crippen LogP contribution in [0.15, 0.2) is 0 Å². The van der Waals surface area contributed by atoms with E-state index in [-0.39, 0.29) is 19.2 Å². The molecule has 0 unspecified atom stereocenters. The van der Waals surface area contributed by atoms with Gasteiger partial charge in [0.05, 0.1) is 0 Å². The van der Waals surface area contributed by atoms with Crippen molar-refractivity contribution in [1.82, 2.24) is 0 Å². The molecule has 0 fully saturated rings. The van der Waals surface area contributed by atoms with Crippen LogP contribution in [0.4, 0.5) is 0 Å². The molecule has 13 heteroatoms. The number of hydrogen-bond donors (Lipinski definition) is 0. The summed E-state index contributed by atoms with van der Waals surface area (Å²) < 4.78 is 0. The van der Waals surface area contributed by atoms with Gasteiger partial charge in [0.1, 0.15) is 0 Å². The zero-order valence-corrected chi connectivity index (χ0v) is 5.77. The topological polar surface area (TPSA) is 0 Å². The van der Waals surface area contributed by atoms with Gasteiger partial charge in [-0.05, 0) is 50.1 Å². The molecule has 0 bridgehead atoms. The first-order valence-corrected chi connectivity index (χ1v) is 3.00. The van der Waals surface area contributed by atoms with Crippen molar-refractivity contribution >= 4 is 93.1 Å². The molecule has 0 N–H and O–H groups in total. The van der Waals surface area contributed by atoms with E-state index in [0.717, 1.165) is 6.39 Å². The van der Waals surface area contributed by atoms with Gasteiger partial charge < -0.3 is 0 Å². The zero-order chi connectivity index (χ0) is 10.6. The monoisotopic (exact) mass is 152 g/mol. The minimum Gasteiger partial charge on any atom is -0.264 e. The van der Waals surface area contributed by atoms with E-state index in [4.69, 9.17) is 30.9 Å². The van der Waals surface area contributed by atoms with Gasteiger partial charge in [-0.3, -0.25) is 6.39 Å². The summed E-state index contributed by atoms with van der Waals surface area (Å²) in [7, 11) is 26.6. The van der Waals surface area contributed by atoms with Crippen molar-refractivity contribution in [3.05, 3.63) is 0 Å².